The van der Waals surface area contributed by atoms with E-state index in [-0.39, 0.29) is 5.76 Å². The van der Waals surface area contributed by atoms with Crippen molar-refractivity contribution in [3.05, 3.63) is 66.4 Å². The molecule has 3 heterocycles. The molecule has 1 aromatic carbocycles. The van der Waals surface area contributed by atoms with Crippen LogP contribution in [0.2, 0.25) is 0 Å². The van der Waals surface area contributed by atoms with Gasteiger partial charge >= 0.3 is 5.97 Å². The number of furan rings is 1. The molecule has 4 aromatic rings. The summed E-state index contributed by atoms with van der Waals surface area (Å²) in [6, 6.07) is 15.4. The van der Waals surface area contributed by atoms with Gasteiger partial charge in [-0.15, -0.1) is 11.3 Å². The largest absolute Gasteiger partial charge is 0.475 e. The quantitative estimate of drug-likeness (QED) is 0.397. The first-order valence-electron chi connectivity index (χ1n) is 7.45. The second-order valence-corrected chi connectivity index (χ2v) is 7.23. The molecule has 0 bridgehead atoms. The van der Waals surface area contributed by atoms with E-state index >= 15 is 0 Å². The molecule has 7 heteroatoms. The maximum atomic E-state index is 10.9. The Labute approximate surface area is 151 Å². The number of aromatic nitrogens is 2. The number of hydrogen-bond donors (Lipinski definition) is 1. The first-order chi connectivity index (χ1) is 12.2. The maximum absolute atomic E-state index is 10.9. The number of thioether (sulfide) groups is 1. The third-order valence-electron chi connectivity index (χ3n) is 3.57. The lowest BCUT2D eigenvalue weighted by molar-refractivity contribution is 0.0661. The minimum Gasteiger partial charge on any atom is -0.475 e. The summed E-state index contributed by atoms with van der Waals surface area (Å²) in [6.45, 7) is 0. The molecule has 0 radical (unpaired) electrons. The van der Waals surface area contributed by atoms with Gasteiger partial charge in [0.1, 0.15) is 21.9 Å². The van der Waals surface area contributed by atoms with Gasteiger partial charge in [0.25, 0.3) is 0 Å². The number of hydrogen-bond acceptors (Lipinski definition) is 6. The number of benzene rings is 1. The zero-order valence-electron chi connectivity index (χ0n) is 12.9. The lowest BCUT2D eigenvalue weighted by Gasteiger charge is -1.99. The molecule has 0 spiro atoms. The first kappa shape index (κ1) is 15.9. The summed E-state index contributed by atoms with van der Waals surface area (Å²) in [5, 5.41) is 10.8. The van der Waals surface area contributed by atoms with E-state index in [1.807, 2.05) is 18.2 Å². The highest BCUT2D eigenvalue weighted by Gasteiger charge is 2.13. The number of aromatic carboxylic acids is 1. The lowest BCUT2D eigenvalue weighted by atomic mass is 10.2. The molecule has 0 atom stereocenters. The van der Waals surface area contributed by atoms with Gasteiger partial charge in [0.15, 0.2) is 0 Å². The molecule has 0 fully saturated rings. The Hall–Kier alpha value is -2.64. The predicted molar refractivity (Wildman–Crippen MR) is 98.1 cm³/mol. The Kier molecular flexibility index (Phi) is 4.25. The topological polar surface area (TPSA) is 76.2 Å². The SMILES string of the molecule is O=C(O)c1ccc(CSc2ncnc3sc(-c4ccccc4)cc23)o1. The van der Waals surface area contributed by atoms with Crippen molar-refractivity contribution in [2.75, 3.05) is 0 Å². The fraction of sp³-hybridized carbons (Fsp3) is 0.0556. The Morgan fingerprint density at radius 1 is 1.16 bits per heavy atom. The molecule has 0 saturated heterocycles. The van der Waals surface area contributed by atoms with Crippen molar-refractivity contribution in [2.45, 2.75) is 10.8 Å². The molecule has 0 aliphatic heterocycles. The van der Waals surface area contributed by atoms with Crippen LogP contribution in [0.3, 0.4) is 0 Å². The van der Waals surface area contributed by atoms with Crippen molar-refractivity contribution in [2.24, 2.45) is 0 Å². The molecule has 0 aliphatic rings. The average molecular weight is 368 g/mol. The number of carboxylic acid groups (broad SMARTS) is 1. The van der Waals surface area contributed by atoms with Crippen LogP contribution in [0.4, 0.5) is 0 Å². The summed E-state index contributed by atoms with van der Waals surface area (Å²) in [5.74, 6) is -0.000335. The fourth-order valence-corrected chi connectivity index (χ4v) is 4.34. The molecule has 25 heavy (non-hydrogen) atoms. The van der Waals surface area contributed by atoms with Crippen molar-refractivity contribution in [3.8, 4) is 10.4 Å². The number of fused-ring (bicyclic) bond motifs is 1. The molecule has 3 aromatic heterocycles. The van der Waals surface area contributed by atoms with E-state index < -0.39 is 5.97 Å². The normalized spacial score (nSPS) is 11.0. The fourth-order valence-electron chi connectivity index (χ4n) is 2.40. The highest BCUT2D eigenvalue weighted by Crippen LogP contribution is 2.36. The zero-order chi connectivity index (χ0) is 17.2. The van der Waals surface area contributed by atoms with Crippen LogP contribution in [-0.2, 0) is 5.75 Å². The predicted octanol–water partition coefficient (Wildman–Crippen LogP) is 4.94. The van der Waals surface area contributed by atoms with Crippen molar-refractivity contribution < 1.29 is 14.3 Å². The molecular weight excluding hydrogens is 356 g/mol. The van der Waals surface area contributed by atoms with Crippen molar-refractivity contribution in [1.29, 1.82) is 0 Å². The number of rotatable bonds is 5. The van der Waals surface area contributed by atoms with Crippen LogP contribution in [0.5, 0.6) is 0 Å². The van der Waals surface area contributed by atoms with Crippen LogP contribution in [0.1, 0.15) is 16.3 Å². The number of carbonyl (C=O) groups is 1. The summed E-state index contributed by atoms with van der Waals surface area (Å²) in [6.07, 6.45) is 1.56. The average Bonchev–Trinajstić information content (AvgIpc) is 3.28. The Bertz CT molecular complexity index is 1040. The van der Waals surface area contributed by atoms with Gasteiger partial charge in [-0.3, -0.25) is 0 Å². The minimum atomic E-state index is -1.06. The standard InChI is InChI=1S/C18H12N2O3S2/c21-18(22)14-7-6-12(23-14)9-24-16-13-8-15(11-4-2-1-3-5-11)25-17(13)20-10-19-16/h1-8,10H,9H2,(H,21,22). The van der Waals surface area contributed by atoms with Gasteiger partial charge in [-0.2, -0.15) is 0 Å². The molecule has 1 N–H and O–H groups in total. The highest BCUT2D eigenvalue weighted by atomic mass is 32.2. The monoisotopic (exact) mass is 368 g/mol. The van der Waals surface area contributed by atoms with Gasteiger partial charge in [-0.05, 0) is 23.8 Å². The van der Waals surface area contributed by atoms with Gasteiger partial charge in [-0.1, -0.05) is 42.1 Å². The maximum Gasteiger partial charge on any atom is 0.371 e. The molecule has 5 nitrogen and oxygen atoms in total. The number of carboxylic acids is 1. The molecule has 0 amide bonds. The van der Waals surface area contributed by atoms with Gasteiger partial charge in [0.05, 0.1) is 5.75 Å². The van der Waals surface area contributed by atoms with Gasteiger partial charge < -0.3 is 9.52 Å². The Morgan fingerprint density at radius 3 is 2.76 bits per heavy atom. The van der Waals surface area contributed by atoms with E-state index in [2.05, 4.69) is 28.2 Å². The second-order valence-electron chi connectivity index (χ2n) is 5.23. The Balaban J connectivity index is 1.61. The van der Waals surface area contributed by atoms with Crippen LogP contribution < -0.4 is 0 Å². The van der Waals surface area contributed by atoms with E-state index in [1.54, 1.807) is 23.7 Å². The molecule has 4 rings (SSSR count). The van der Waals surface area contributed by atoms with Crippen molar-refractivity contribution >= 4 is 39.3 Å². The lowest BCUT2D eigenvalue weighted by Crippen LogP contribution is -1.91. The van der Waals surface area contributed by atoms with Crippen molar-refractivity contribution in [3.63, 3.8) is 0 Å². The van der Waals surface area contributed by atoms with Gasteiger partial charge in [0, 0.05) is 10.3 Å². The van der Waals surface area contributed by atoms with E-state index in [0.717, 1.165) is 25.7 Å². The number of thiophene rings is 1. The molecular formula is C18H12N2O3S2. The molecule has 0 aliphatic carbocycles. The van der Waals surface area contributed by atoms with E-state index in [0.29, 0.717) is 11.5 Å². The van der Waals surface area contributed by atoms with Gasteiger partial charge in [0.2, 0.25) is 5.76 Å². The number of nitrogens with zero attached hydrogens (tertiary/aromatic N) is 2. The van der Waals surface area contributed by atoms with E-state index in [1.165, 1.54) is 17.8 Å². The van der Waals surface area contributed by atoms with Crippen LogP contribution in [0.25, 0.3) is 20.7 Å². The second kappa shape index (κ2) is 6.70. The van der Waals surface area contributed by atoms with E-state index in [9.17, 15) is 4.79 Å². The van der Waals surface area contributed by atoms with Crippen molar-refractivity contribution in [1.82, 2.24) is 9.97 Å². The summed E-state index contributed by atoms with van der Waals surface area (Å²) in [5.41, 5.74) is 1.15. The van der Waals surface area contributed by atoms with Gasteiger partial charge in [-0.25, -0.2) is 14.8 Å². The third kappa shape index (κ3) is 3.29. The smallest absolute Gasteiger partial charge is 0.371 e. The van der Waals surface area contributed by atoms with Crippen LogP contribution in [-0.4, -0.2) is 21.0 Å². The minimum absolute atomic E-state index is 0.0506. The molecule has 0 unspecified atom stereocenters. The molecule has 0 saturated carbocycles. The summed E-state index contributed by atoms with van der Waals surface area (Å²) in [4.78, 5) is 21.7. The first-order valence-corrected chi connectivity index (χ1v) is 9.26. The summed E-state index contributed by atoms with van der Waals surface area (Å²) >= 11 is 3.13. The zero-order valence-corrected chi connectivity index (χ0v) is 14.5. The summed E-state index contributed by atoms with van der Waals surface area (Å²) < 4.78 is 5.29. The van der Waals surface area contributed by atoms with Crippen LogP contribution >= 0.6 is 23.1 Å². The Morgan fingerprint density at radius 2 is 2.00 bits per heavy atom. The highest BCUT2D eigenvalue weighted by molar-refractivity contribution is 7.98. The third-order valence-corrected chi connectivity index (χ3v) is 5.69. The molecule has 124 valence electrons. The van der Waals surface area contributed by atoms with Crippen LogP contribution in [0.15, 0.2) is 64.3 Å². The summed E-state index contributed by atoms with van der Waals surface area (Å²) in [7, 11) is 0. The van der Waals surface area contributed by atoms with E-state index in [4.69, 9.17) is 9.52 Å². The van der Waals surface area contributed by atoms with Crippen LogP contribution in [0, 0.1) is 0 Å².